The molecule has 1 aliphatic carbocycles. The Morgan fingerprint density at radius 3 is 2.62 bits per heavy atom. The molecule has 2 rings (SSSR count). The minimum Gasteiger partial charge on any atom is -0.313 e. The highest BCUT2D eigenvalue weighted by Gasteiger charge is 2.28. The summed E-state index contributed by atoms with van der Waals surface area (Å²) in [5, 5.41) is 8.00. The first-order valence-electron chi connectivity index (χ1n) is 5.03. The van der Waals surface area contributed by atoms with Gasteiger partial charge in [-0.15, -0.1) is 0 Å². The van der Waals surface area contributed by atoms with E-state index in [1.54, 1.807) is 0 Å². The van der Waals surface area contributed by atoms with Crippen molar-refractivity contribution in [1.29, 1.82) is 0 Å². The monoisotopic (exact) mass is 195 g/mol. The van der Waals surface area contributed by atoms with Crippen molar-refractivity contribution in [1.82, 2.24) is 5.32 Å². The molecule has 1 heterocycles. The summed E-state index contributed by atoms with van der Waals surface area (Å²) in [5.74, 6) is 0.887. The highest BCUT2D eigenvalue weighted by atomic mass is 32.1. The predicted molar refractivity (Wildman–Crippen MR) is 58.2 cm³/mol. The molecule has 1 N–H and O–H groups in total. The van der Waals surface area contributed by atoms with Crippen LogP contribution in [0.1, 0.15) is 36.4 Å². The van der Waals surface area contributed by atoms with Crippen molar-refractivity contribution < 1.29 is 0 Å². The third kappa shape index (κ3) is 1.65. The number of rotatable bonds is 3. The number of nitrogens with one attached hydrogen (secondary N) is 1. The number of aryl methyl sites for hydroxylation is 1. The Kier molecular flexibility index (Phi) is 2.70. The van der Waals surface area contributed by atoms with Gasteiger partial charge in [-0.05, 0) is 54.6 Å². The summed E-state index contributed by atoms with van der Waals surface area (Å²) >= 11 is 1.82. The molecule has 72 valence electrons. The normalized spacial score (nSPS) is 19.8. The van der Waals surface area contributed by atoms with E-state index < -0.39 is 0 Å². The van der Waals surface area contributed by atoms with E-state index in [1.807, 2.05) is 11.3 Å². The van der Waals surface area contributed by atoms with Crippen LogP contribution < -0.4 is 5.32 Å². The van der Waals surface area contributed by atoms with E-state index in [0.717, 1.165) is 5.92 Å². The fourth-order valence-electron chi connectivity index (χ4n) is 2.11. The van der Waals surface area contributed by atoms with E-state index in [9.17, 15) is 0 Å². The third-order valence-electron chi connectivity index (χ3n) is 3.16. The van der Waals surface area contributed by atoms with E-state index in [0.29, 0.717) is 6.04 Å². The SMILES string of the molecule is CNC(c1cscc1C)C1CCC1. The average Bonchev–Trinajstić information content (AvgIpc) is 2.43. The van der Waals surface area contributed by atoms with Gasteiger partial charge in [-0.25, -0.2) is 0 Å². The van der Waals surface area contributed by atoms with E-state index >= 15 is 0 Å². The van der Waals surface area contributed by atoms with E-state index in [1.165, 1.54) is 30.4 Å². The third-order valence-corrected chi connectivity index (χ3v) is 4.04. The zero-order chi connectivity index (χ0) is 9.26. The summed E-state index contributed by atoms with van der Waals surface area (Å²) < 4.78 is 0. The lowest BCUT2D eigenvalue weighted by atomic mass is 9.77. The molecular weight excluding hydrogens is 178 g/mol. The van der Waals surface area contributed by atoms with Crippen LogP contribution in [0.3, 0.4) is 0 Å². The molecule has 1 aromatic heterocycles. The first-order chi connectivity index (χ1) is 6.33. The molecule has 1 nitrogen and oxygen atoms in total. The summed E-state index contributed by atoms with van der Waals surface area (Å²) in [6.07, 6.45) is 4.23. The van der Waals surface area contributed by atoms with Gasteiger partial charge in [0.05, 0.1) is 0 Å². The molecule has 0 saturated heterocycles. The lowest BCUT2D eigenvalue weighted by Gasteiger charge is -2.33. The van der Waals surface area contributed by atoms with Crippen LogP contribution in [-0.2, 0) is 0 Å². The molecule has 2 heteroatoms. The number of thiophene rings is 1. The maximum atomic E-state index is 3.45. The highest BCUT2D eigenvalue weighted by Crippen LogP contribution is 2.39. The van der Waals surface area contributed by atoms with Gasteiger partial charge >= 0.3 is 0 Å². The molecule has 0 aliphatic heterocycles. The quantitative estimate of drug-likeness (QED) is 0.781. The topological polar surface area (TPSA) is 12.0 Å². The van der Waals surface area contributed by atoms with Gasteiger partial charge in [0.25, 0.3) is 0 Å². The number of hydrogen-bond donors (Lipinski definition) is 1. The summed E-state index contributed by atoms with van der Waals surface area (Å²) in [6, 6.07) is 0.611. The molecule has 1 aromatic rings. The van der Waals surface area contributed by atoms with Gasteiger partial charge in [-0.2, -0.15) is 11.3 Å². The lowest BCUT2D eigenvalue weighted by Crippen LogP contribution is -2.29. The lowest BCUT2D eigenvalue weighted by molar-refractivity contribution is 0.239. The molecule has 0 spiro atoms. The van der Waals surface area contributed by atoms with Gasteiger partial charge in [-0.3, -0.25) is 0 Å². The summed E-state index contributed by atoms with van der Waals surface area (Å²) in [5.41, 5.74) is 2.98. The zero-order valence-electron chi connectivity index (χ0n) is 8.34. The Labute approximate surface area is 84.2 Å². The Bertz CT molecular complexity index is 275. The first-order valence-corrected chi connectivity index (χ1v) is 5.97. The fraction of sp³-hybridized carbons (Fsp3) is 0.636. The van der Waals surface area contributed by atoms with Gasteiger partial charge in [0.1, 0.15) is 0 Å². The molecule has 1 saturated carbocycles. The molecule has 0 amide bonds. The van der Waals surface area contributed by atoms with Crippen LogP contribution in [0.5, 0.6) is 0 Å². The highest BCUT2D eigenvalue weighted by molar-refractivity contribution is 7.08. The molecular formula is C11H17NS. The smallest absolute Gasteiger partial charge is 0.0357 e. The Balaban J connectivity index is 2.16. The van der Waals surface area contributed by atoms with Gasteiger partial charge < -0.3 is 5.32 Å². The van der Waals surface area contributed by atoms with Crippen molar-refractivity contribution in [2.75, 3.05) is 7.05 Å². The van der Waals surface area contributed by atoms with Crippen molar-refractivity contribution in [3.63, 3.8) is 0 Å². The van der Waals surface area contributed by atoms with E-state index in [-0.39, 0.29) is 0 Å². The molecule has 1 fully saturated rings. The van der Waals surface area contributed by atoms with Crippen molar-refractivity contribution in [3.05, 3.63) is 21.9 Å². The molecule has 0 radical (unpaired) electrons. The van der Waals surface area contributed by atoms with Crippen LogP contribution in [-0.4, -0.2) is 7.05 Å². The summed E-state index contributed by atoms with van der Waals surface area (Å²) in [7, 11) is 2.08. The largest absolute Gasteiger partial charge is 0.313 e. The first kappa shape index (κ1) is 9.22. The van der Waals surface area contributed by atoms with Crippen molar-refractivity contribution in [2.24, 2.45) is 5.92 Å². The Morgan fingerprint density at radius 1 is 1.46 bits per heavy atom. The second-order valence-corrected chi connectivity index (χ2v) is 4.71. The minimum absolute atomic E-state index is 0.611. The Morgan fingerprint density at radius 2 is 2.23 bits per heavy atom. The van der Waals surface area contributed by atoms with Crippen LogP contribution in [0.15, 0.2) is 10.8 Å². The van der Waals surface area contributed by atoms with Crippen LogP contribution in [0, 0.1) is 12.8 Å². The van der Waals surface area contributed by atoms with Crippen LogP contribution in [0.4, 0.5) is 0 Å². The summed E-state index contributed by atoms with van der Waals surface area (Å²) in [4.78, 5) is 0. The maximum Gasteiger partial charge on any atom is 0.0357 e. The predicted octanol–water partition coefficient (Wildman–Crippen LogP) is 3.12. The Hall–Kier alpha value is -0.340. The zero-order valence-corrected chi connectivity index (χ0v) is 9.16. The van der Waals surface area contributed by atoms with Gasteiger partial charge in [-0.1, -0.05) is 6.42 Å². The van der Waals surface area contributed by atoms with Gasteiger partial charge in [0.2, 0.25) is 0 Å². The average molecular weight is 195 g/mol. The van der Waals surface area contributed by atoms with Crippen molar-refractivity contribution in [2.45, 2.75) is 32.2 Å². The van der Waals surface area contributed by atoms with Crippen LogP contribution >= 0.6 is 11.3 Å². The van der Waals surface area contributed by atoms with E-state index in [4.69, 9.17) is 0 Å². The second-order valence-electron chi connectivity index (χ2n) is 3.97. The number of hydrogen-bond acceptors (Lipinski definition) is 2. The fourth-order valence-corrected chi connectivity index (χ4v) is 2.99. The maximum absolute atomic E-state index is 3.45. The molecule has 1 aliphatic rings. The summed E-state index contributed by atoms with van der Waals surface area (Å²) in [6.45, 7) is 2.22. The van der Waals surface area contributed by atoms with Crippen LogP contribution in [0.2, 0.25) is 0 Å². The van der Waals surface area contributed by atoms with Crippen molar-refractivity contribution >= 4 is 11.3 Å². The molecule has 13 heavy (non-hydrogen) atoms. The van der Waals surface area contributed by atoms with Gasteiger partial charge in [0, 0.05) is 6.04 Å². The van der Waals surface area contributed by atoms with Gasteiger partial charge in [0.15, 0.2) is 0 Å². The molecule has 1 atom stereocenters. The van der Waals surface area contributed by atoms with Crippen LogP contribution in [0.25, 0.3) is 0 Å². The second kappa shape index (κ2) is 3.81. The molecule has 0 bridgehead atoms. The standard InChI is InChI=1S/C11H17NS/c1-8-6-13-7-10(8)11(12-2)9-4-3-5-9/h6-7,9,11-12H,3-5H2,1-2H3. The molecule has 1 unspecified atom stereocenters. The molecule has 0 aromatic carbocycles. The minimum atomic E-state index is 0.611. The van der Waals surface area contributed by atoms with E-state index in [2.05, 4.69) is 30.0 Å². The van der Waals surface area contributed by atoms with Crippen molar-refractivity contribution in [3.8, 4) is 0 Å².